The first kappa shape index (κ1) is 8.38. The Morgan fingerprint density at radius 3 is 2.38 bits per heavy atom. The van der Waals surface area contributed by atoms with Gasteiger partial charge in [-0.3, -0.25) is 0 Å². The van der Waals surface area contributed by atoms with Crippen molar-refractivity contribution in [3.05, 3.63) is 35.9 Å². The van der Waals surface area contributed by atoms with E-state index < -0.39 is 0 Å². The smallest absolute Gasteiger partial charge is 0.0268 e. The first-order valence-corrected chi connectivity index (χ1v) is 4.81. The summed E-state index contributed by atoms with van der Waals surface area (Å²) in [6, 6.07) is 10.6. The fraction of sp³-hybridized carbons (Fsp3) is 0.385. The van der Waals surface area contributed by atoms with E-state index in [0.717, 1.165) is 0 Å². The molecule has 0 nitrogen and oxygen atoms in total. The van der Waals surface area contributed by atoms with Gasteiger partial charge < -0.3 is 0 Å². The zero-order valence-electron chi connectivity index (χ0n) is 7.96. The summed E-state index contributed by atoms with van der Waals surface area (Å²) in [5, 5.41) is 0. The molecule has 1 aliphatic rings. The lowest BCUT2D eigenvalue weighted by atomic mass is 9.84. The average Bonchev–Trinajstić information content (AvgIpc) is 2.99. The highest BCUT2D eigenvalue weighted by Gasteiger charge is 2.47. The Kier molecular flexibility index (Phi) is 1.88. The van der Waals surface area contributed by atoms with Gasteiger partial charge in [-0.25, -0.2) is 0 Å². The molecule has 1 aliphatic carbocycles. The minimum absolute atomic E-state index is 0.315. The Morgan fingerprint density at radius 1 is 1.31 bits per heavy atom. The molecular formula is C13H14. The fourth-order valence-electron chi connectivity index (χ4n) is 2.04. The molecule has 0 heterocycles. The molecule has 66 valence electrons. The monoisotopic (exact) mass is 170 g/mol. The number of terminal acetylenes is 1. The molecule has 0 saturated heterocycles. The fourth-order valence-corrected chi connectivity index (χ4v) is 2.04. The second-order valence-electron chi connectivity index (χ2n) is 3.91. The van der Waals surface area contributed by atoms with Gasteiger partial charge in [0.15, 0.2) is 0 Å². The third-order valence-corrected chi connectivity index (χ3v) is 3.22. The predicted molar refractivity (Wildman–Crippen MR) is 55.4 cm³/mol. The van der Waals surface area contributed by atoms with E-state index in [1.165, 1.54) is 18.4 Å². The molecular weight excluding hydrogens is 156 g/mol. The average molecular weight is 170 g/mol. The van der Waals surface area contributed by atoms with Crippen molar-refractivity contribution in [1.82, 2.24) is 0 Å². The molecule has 13 heavy (non-hydrogen) atoms. The van der Waals surface area contributed by atoms with Crippen LogP contribution < -0.4 is 0 Å². The lowest BCUT2D eigenvalue weighted by Crippen LogP contribution is -2.15. The van der Waals surface area contributed by atoms with E-state index >= 15 is 0 Å². The van der Waals surface area contributed by atoms with Crippen LogP contribution >= 0.6 is 0 Å². The maximum absolute atomic E-state index is 5.49. The second kappa shape index (κ2) is 2.92. The minimum atomic E-state index is 0.315. The molecule has 1 aromatic rings. The molecule has 0 aromatic heterocycles. The molecule has 0 spiro atoms. The molecule has 0 amide bonds. The highest BCUT2D eigenvalue weighted by Crippen LogP contribution is 2.53. The van der Waals surface area contributed by atoms with Gasteiger partial charge in [0.2, 0.25) is 0 Å². The molecule has 1 saturated carbocycles. The Labute approximate surface area is 80.0 Å². The molecule has 0 aliphatic heterocycles. The van der Waals surface area contributed by atoms with E-state index in [2.05, 4.69) is 43.2 Å². The zero-order valence-corrected chi connectivity index (χ0v) is 7.96. The molecule has 0 N–H and O–H groups in total. The lowest BCUT2D eigenvalue weighted by Gasteiger charge is -2.18. The van der Waals surface area contributed by atoms with Crippen LogP contribution in [0.3, 0.4) is 0 Å². The van der Waals surface area contributed by atoms with E-state index in [9.17, 15) is 0 Å². The van der Waals surface area contributed by atoms with Gasteiger partial charge in [0.05, 0.1) is 0 Å². The Balaban J connectivity index is 2.32. The van der Waals surface area contributed by atoms with Gasteiger partial charge in [0.1, 0.15) is 0 Å². The number of hydrogen-bond donors (Lipinski definition) is 0. The van der Waals surface area contributed by atoms with E-state index in [4.69, 9.17) is 6.42 Å². The summed E-state index contributed by atoms with van der Waals surface area (Å²) in [6.45, 7) is 2.15. The first-order chi connectivity index (χ1) is 6.29. The van der Waals surface area contributed by atoms with Crippen LogP contribution in [-0.2, 0) is 5.41 Å². The Morgan fingerprint density at radius 2 is 1.92 bits per heavy atom. The third-order valence-electron chi connectivity index (χ3n) is 3.22. The minimum Gasteiger partial charge on any atom is -0.120 e. The summed E-state index contributed by atoms with van der Waals surface area (Å²) in [4.78, 5) is 0. The molecule has 0 bridgehead atoms. The number of benzene rings is 1. The summed E-state index contributed by atoms with van der Waals surface area (Å²) in [7, 11) is 0. The van der Waals surface area contributed by atoms with Crippen LogP contribution in [0.2, 0.25) is 0 Å². The van der Waals surface area contributed by atoms with Crippen LogP contribution in [-0.4, -0.2) is 0 Å². The van der Waals surface area contributed by atoms with Crippen molar-refractivity contribution in [2.45, 2.75) is 25.2 Å². The summed E-state index contributed by atoms with van der Waals surface area (Å²) in [6.07, 6.45) is 7.99. The summed E-state index contributed by atoms with van der Waals surface area (Å²) in [5.74, 6) is 3.24. The van der Waals surface area contributed by atoms with Gasteiger partial charge in [0.25, 0.3) is 0 Å². The Bertz CT molecular complexity index is 325. The van der Waals surface area contributed by atoms with E-state index in [0.29, 0.717) is 11.3 Å². The SMILES string of the molecule is C#CC(C)C1(c2ccccc2)CC1. The normalized spacial score (nSPS) is 20.3. The number of hydrogen-bond acceptors (Lipinski definition) is 0. The summed E-state index contributed by atoms with van der Waals surface area (Å²) >= 11 is 0. The molecule has 1 fully saturated rings. The Hall–Kier alpha value is -1.22. The van der Waals surface area contributed by atoms with Gasteiger partial charge >= 0.3 is 0 Å². The van der Waals surface area contributed by atoms with Crippen LogP contribution in [0, 0.1) is 18.3 Å². The lowest BCUT2D eigenvalue weighted by molar-refractivity contribution is 0.549. The highest BCUT2D eigenvalue weighted by molar-refractivity contribution is 5.34. The molecule has 1 aromatic carbocycles. The number of rotatable bonds is 2. The van der Waals surface area contributed by atoms with Gasteiger partial charge in [-0.2, -0.15) is 0 Å². The second-order valence-corrected chi connectivity index (χ2v) is 3.91. The van der Waals surface area contributed by atoms with Gasteiger partial charge in [-0.1, -0.05) is 37.3 Å². The van der Waals surface area contributed by atoms with Crippen molar-refractivity contribution >= 4 is 0 Å². The van der Waals surface area contributed by atoms with E-state index in [1.54, 1.807) is 0 Å². The molecule has 1 unspecified atom stereocenters. The zero-order chi connectivity index (χ0) is 9.31. The van der Waals surface area contributed by atoms with Crippen molar-refractivity contribution in [2.24, 2.45) is 5.92 Å². The summed E-state index contributed by atoms with van der Waals surface area (Å²) in [5.41, 5.74) is 1.73. The first-order valence-electron chi connectivity index (χ1n) is 4.81. The standard InChI is InChI=1S/C13H14/c1-3-11(2)13(9-10-13)12-7-5-4-6-8-12/h1,4-8,11H,9-10H2,2H3. The van der Waals surface area contributed by atoms with Crippen LogP contribution in [0.15, 0.2) is 30.3 Å². The molecule has 2 rings (SSSR count). The molecule has 0 heteroatoms. The van der Waals surface area contributed by atoms with Crippen LogP contribution in [0.1, 0.15) is 25.3 Å². The highest BCUT2D eigenvalue weighted by atomic mass is 14.5. The van der Waals surface area contributed by atoms with Gasteiger partial charge in [0, 0.05) is 11.3 Å². The summed E-state index contributed by atoms with van der Waals surface area (Å²) < 4.78 is 0. The quantitative estimate of drug-likeness (QED) is 0.598. The van der Waals surface area contributed by atoms with Crippen LogP contribution in [0.25, 0.3) is 0 Å². The molecule has 0 radical (unpaired) electrons. The topological polar surface area (TPSA) is 0 Å². The maximum Gasteiger partial charge on any atom is 0.0268 e. The van der Waals surface area contributed by atoms with Crippen molar-refractivity contribution in [3.63, 3.8) is 0 Å². The van der Waals surface area contributed by atoms with Crippen LogP contribution in [0.4, 0.5) is 0 Å². The predicted octanol–water partition coefficient (Wildman–Crippen LogP) is 2.99. The van der Waals surface area contributed by atoms with Crippen molar-refractivity contribution in [2.75, 3.05) is 0 Å². The maximum atomic E-state index is 5.49. The van der Waals surface area contributed by atoms with Gasteiger partial charge in [-0.15, -0.1) is 12.3 Å². The van der Waals surface area contributed by atoms with Crippen molar-refractivity contribution in [3.8, 4) is 12.3 Å². The largest absolute Gasteiger partial charge is 0.120 e. The molecule has 1 atom stereocenters. The van der Waals surface area contributed by atoms with Gasteiger partial charge in [-0.05, 0) is 18.4 Å². The van der Waals surface area contributed by atoms with Crippen LogP contribution in [0.5, 0.6) is 0 Å². The van der Waals surface area contributed by atoms with E-state index in [-0.39, 0.29) is 0 Å². The van der Waals surface area contributed by atoms with Crippen molar-refractivity contribution < 1.29 is 0 Å². The van der Waals surface area contributed by atoms with Crippen molar-refractivity contribution in [1.29, 1.82) is 0 Å². The third kappa shape index (κ3) is 1.25. The van der Waals surface area contributed by atoms with E-state index in [1.807, 2.05) is 0 Å².